The summed E-state index contributed by atoms with van der Waals surface area (Å²) in [5, 5.41) is 2.69. The van der Waals surface area contributed by atoms with Crippen molar-refractivity contribution in [3.63, 3.8) is 0 Å². The van der Waals surface area contributed by atoms with Gasteiger partial charge < -0.3 is 15.6 Å². The van der Waals surface area contributed by atoms with Gasteiger partial charge in [0, 0.05) is 25.0 Å². The van der Waals surface area contributed by atoms with E-state index in [1.165, 1.54) is 12.1 Å². The number of halogens is 1. The molecule has 2 rings (SSSR count). The molecule has 0 unspecified atom stereocenters. The summed E-state index contributed by atoms with van der Waals surface area (Å²) in [5.41, 5.74) is 5.69. The number of benzene rings is 1. The van der Waals surface area contributed by atoms with E-state index in [4.69, 9.17) is 5.73 Å². The lowest BCUT2D eigenvalue weighted by Gasteiger charge is -2.06. The number of aromatic nitrogens is 2. The van der Waals surface area contributed by atoms with Crippen LogP contribution in [-0.4, -0.2) is 22.0 Å². The van der Waals surface area contributed by atoms with E-state index in [1.807, 2.05) is 7.05 Å². The molecule has 6 heteroatoms. The van der Waals surface area contributed by atoms with Gasteiger partial charge >= 0.3 is 0 Å². The molecule has 108 valence electrons. The van der Waals surface area contributed by atoms with E-state index in [0.717, 1.165) is 6.07 Å². The Bertz CT molecular complexity index is 712. The van der Waals surface area contributed by atoms with Crippen LogP contribution in [0.4, 0.5) is 4.39 Å². The highest BCUT2D eigenvalue weighted by Crippen LogP contribution is 2.09. The molecule has 0 spiro atoms. The van der Waals surface area contributed by atoms with Gasteiger partial charge in [-0.1, -0.05) is 11.8 Å². The maximum absolute atomic E-state index is 13.8. The van der Waals surface area contributed by atoms with Gasteiger partial charge in [0.25, 0.3) is 5.91 Å². The average Bonchev–Trinajstić information content (AvgIpc) is 2.88. The zero-order valence-corrected chi connectivity index (χ0v) is 11.6. The Morgan fingerprint density at radius 2 is 2.33 bits per heavy atom. The van der Waals surface area contributed by atoms with E-state index in [1.54, 1.807) is 17.0 Å². The lowest BCUT2D eigenvalue weighted by Crippen LogP contribution is -2.24. The minimum atomic E-state index is -0.541. The Morgan fingerprint density at radius 3 is 2.95 bits per heavy atom. The van der Waals surface area contributed by atoms with Gasteiger partial charge in [0.1, 0.15) is 11.6 Å². The number of aryl methyl sites for hydroxylation is 1. The summed E-state index contributed by atoms with van der Waals surface area (Å²) in [4.78, 5) is 16.0. The monoisotopic (exact) mass is 286 g/mol. The Morgan fingerprint density at radius 1 is 1.52 bits per heavy atom. The molecular formula is C15H15FN4O. The van der Waals surface area contributed by atoms with E-state index in [2.05, 4.69) is 22.1 Å². The maximum Gasteiger partial charge on any atom is 0.251 e. The smallest absolute Gasteiger partial charge is 0.251 e. The summed E-state index contributed by atoms with van der Waals surface area (Å²) in [7, 11) is 1.83. The van der Waals surface area contributed by atoms with Crippen LogP contribution in [0.1, 0.15) is 21.7 Å². The van der Waals surface area contributed by atoms with Gasteiger partial charge in [-0.2, -0.15) is 0 Å². The largest absolute Gasteiger partial charge is 0.345 e. The Kier molecular flexibility index (Phi) is 4.69. The fourth-order valence-corrected chi connectivity index (χ4v) is 1.73. The molecule has 21 heavy (non-hydrogen) atoms. The van der Waals surface area contributed by atoms with Crippen molar-refractivity contribution in [2.45, 2.75) is 6.54 Å². The Hall–Kier alpha value is -2.65. The highest BCUT2D eigenvalue weighted by molar-refractivity contribution is 5.94. The molecule has 0 fully saturated rings. The molecular weight excluding hydrogens is 271 g/mol. The van der Waals surface area contributed by atoms with E-state index >= 15 is 0 Å². The summed E-state index contributed by atoms with van der Waals surface area (Å²) >= 11 is 0. The van der Waals surface area contributed by atoms with Crippen LogP contribution in [0.2, 0.25) is 0 Å². The topological polar surface area (TPSA) is 72.9 Å². The number of carbonyl (C=O) groups is 1. The van der Waals surface area contributed by atoms with Crippen LogP contribution in [-0.2, 0) is 13.6 Å². The second-order valence-corrected chi connectivity index (χ2v) is 4.34. The van der Waals surface area contributed by atoms with Crippen LogP contribution in [0.3, 0.4) is 0 Å². The Labute approximate surface area is 122 Å². The van der Waals surface area contributed by atoms with Crippen LogP contribution in [0, 0.1) is 17.7 Å². The van der Waals surface area contributed by atoms with Crippen molar-refractivity contribution in [3.05, 3.63) is 53.4 Å². The van der Waals surface area contributed by atoms with Crippen molar-refractivity contribution < 1.29 is 9.18 Å². The molecule has 2 aromatic rings. The molecule has 0 aliphatic rings. The van der Waals surface area contributed by atoms with Gasteiger partial charge in [0.05, 0.1) is 18.7 Å². The number of carbonyl (C=O) groups excluding carboxylic acids is 1. The molecule has 0 saturated carbocycles. The minimum Gasteiger partial charge on any atom is -0.345 e. The van der Waals surface area contributed by atoms with Crippen LogP contribution >= 0.6 is 0 Å². The SMILES string of the molecule is Cn1ccnc1CNC(=O)c1ccc(C#CCN)c(F)c1. The van der Waals surface area contributed by atoms with Crippen LogP contribution in [0.25, 0.3) is 0 Å². The first-order valence-corrected chi connectivity index (χ1v) is 6.34. The number of nitrogens with one attached hydrogen (secondary N) is 1. The lowest BCUT2D eigenvalue weighted by atomic mass is 10.1. The molecule has 5 nitrogen and oxygen atoms in total. The first kappa shape index (κ1) is 14.8. The van der Waals surface area contributed by atoms with Crippen molar-refractivity contribution in [2.75, 3.05) is 6.54 Å². The number of amides is 1. The zero-order valence-electron chi connectivity index (χ0n) is 11.6. The van der Waals surface area contributed by atoms with E-state index in [-0.39, 0.29) is 30.1 Å². The van der Waals surface area contributed by atoms with E-state index in [9.17, 15) is 9.18 Å². The van der Waals surface area contributed by atoms with E-state index in [0.29, 0.717) is 5.82 Å². The second kappa shape index (κ2) is 6.68. The minimum absolute atomic E-state index is 0.158. The first-order valence-electron chi connectivity index (χ1n) is 6.34. The molecule has 0 saturated heterocycles. The highest BCUT2D eigenvalue weighted by atomic mass is 19.1. The summed E-state index contributed by atoms with van der Waals surface area (Å²) in [6, 6.07) is 4.15. The molecule has 1 heterocycles. The number of nitrogens with zero attached hydrogens (tertiary/aromatic N) is 2. The zero-order chi connectivity index (χ0) is 15.2. The third-order valence-electron chi connectivity index (χ3n) is 2.88. The van der Waals surface area contributed by atoms with Crippen LogP contribution in [0.15, 0.2) is 30.6 Å². The fourth-order valence-electron chi connectivity index (χ4n) is 1.73. The average molecular weight is 286 g/mol. The van der Waals surface area contributed by atoms with Crippen molar-refractivity contribution in [2.24, 2.45) is 12.8 Å². The van der Waals surface area contributed by atoms with Crippen LogP contribution in [0.5, 0.6) is 0 Å². The molecule has 0 radical (unpaired) electrons. The molecule has 3 N–H and O–H groups in total. The van der Waals surface area contributed by atoms with Gasteiger partial charge in [-0.05, 0) is 18.2 Å². The predicted octanol–water partition coefficient (Wildman–Crippen LogP) is 0.799. The number of hydrogen-bond acceptors (Lipinski definition) is 3. The molecule has 1 aromatic heterocycles. The summed E-state index contributed by atoms with van der Waals surface area (Å²) in [6.07, 6.45) is 3.43. The fraction of sp³-hybridized carbons (Fsp3) is 0.200. The standard InChI is InChI=1S/C15H15FN4O/c1-20-8-7-18-14(20)10-19-15(21)12-5-4-11(3-2-6-17)13(16)9-12/h4-5,7-9H,6,10,17H2,1H3,(H,19,21). The quantitative estimate of drug-likeness (QED) is 0.820. The number of hydrogen-bond donors (Lipinski definition) is 2. The van der Waals surface area contributed by atoms with Crippen molar-refractivity contribution in [1.29, 1.82) is 0 Å². The highest BCUT2D eigenvalue weighted by Gasteiger charge is 2.09. The third-order valence-corrected chi connectivity index (χ3v) is 2.88. The van der Waals surface area contributed by atoms with Gasteiger partial charge in [-0.25, -0.2) is 9.37 Å². The van der Waals surface area contributed by atoms with E-state index < -0.39 is 5.82 Å². The summed E-state index contributed by atoms with van der Waals surface area (Å²) in [5.74, 6) is 4.99. The number of nitrogens with two attached hydrogens (primary N) is 1. The van der Waals surface area contributed by atoms with Crippen LogP contribution < -0.4 is 11.1 Å². The summed E-state index contributed by atoms with van der Waals surface area (Å²) < 4.78 is 15.6. The van der Waals surface area contributed by atoms with Gasteiger partial charge in [0.2, 0.25) is 0 Å². The second-order valence-electron chi connectivity index (χ2n) is 4.34. The number of rotatable bonds is 3. The number of imidazole rings is 1. The normalized spacial score (nSPS) is 9.86. The third kappa shape index (κ3) is 3.68. The van der Waals surface area contributed by atoms with Crippen molar-refractivity contribution in [3.8, 4) is 11.8 Å². The predicted molar refractivity (Wildman–Crippen MR) is 76.7 cm³/mol. The first-order chi connectivity index (χ1) is 10.1. The molecule has 0 bridgehead atoms. The Balaban J connectivity index is 2.06. The molecule has 0 aliphatic heterocycles. The van der Waals surface area contributed by atoms with Gasteiger partial charge in [0.15, 0.2) is 0 Å². The van der Waals surface area contributed by atoms with Crippen molar-refractivity contribution in [1.82, 2.24) is 14.9 Å². The molecule has 1 amide bonds. The summed E-state index contributed by atoms with van der Waals surface area (Å²) in [6.45, 7) is 0.435. The molecule has 0 atom stereocenters. The molecule has 0 aliphatic carbocycles. The van der Waals surface area contributed by atoms with Gasteiger partial charge in [-0.3, -0.25) is 4.79 Å². The van der Waals surface area contributed by atoms with Crippen molar-refractivity contribution >= 4 is 5.91 Å². The lowest BCUT2D eigenvalue weighted by molar-refractivity contribution is 0.0949. The van der Waals surface area contributed by atoms with Gasteiger partial charge in [-0.15, -0.1) is 0 Å². The molecule has 1 aromatic carbocycles. The maximum atomic E-state index is 13.8.